The summed E-state index contributed by atoms with van der Waals surface area (Å²) < 4.78 is 25.9. The Balaban J connectivity index is 2.15. The molecule has 1 aromatic carbocycles. The predicted octanol–water partition coefficient (Wildman–Crippen LogP) is 1.52. The van der Waals surface area contributed by atoms with Crippen LogP contribution in [-0.2, 0) is 10.0 Å². The highest BCUT2D eigenvalue weighted by molar-refractivity contribution is 7.89. The molecule has 6 heteroatoms. The molecule has 1 saturated carbocycles. The molecule has 0 saturated heterocycles. The van der Waals surface area contributed by atoms with Crippen molar-refractivity contribution in [2.45, 2.75) is 36.6 Å². The van der Waals surface area contributed by atoms with Crippen LogP contribution in [0.1, 0.15) is 25.7 Å². The van der Waals surface area contributed by atoms with Gasteiger partial charge in [0.05, 0.1) is 4.90 Å². The molecule has 2 rings (SSSR count). The first-order valence-electron chi connectivity index (χ1n) is 7.07. The lowest BCUT2D eigenvalue weighted by atomic mass is 9.84. The summed E-state index contributed by atoms with van der Waals surface area (Å²) in [5, 5.41) is 3.45. The molecule has 2 unspecified atom stereocenters. The molecular weight excluding hydrogens is 274 g/mol. The van der Waals surface area contributed by atoms with E-state index in [0.29, 0.717) is 18.5 Å². The van der Waals surface area contributed by atoms with Crippen LogP contribution in [0.4, 0.5) is 5.69 Å². The number of hydrogen-bond donors (Lipinski definition) is 3. The van der Waals surface area contributed by atoms with Crippen LogP contribution < -0.4 is 15.8 Å². The van der Waals surface area contributed by atoms with Crippen molar-refractivity contribution in [3.05, 3.63) is 24.3 Å². The van der Waals surface area contributed by atoms with E-state index in [4.69, 9.17) is 5.73 Å². The molecule has 4 N–H and O–H groups in total. The molecule has 0 bridgehead atoms. The topological polar surface area (TPSA) is 84.2 Å². The molecule has 0 aromatic heterocycles. The van der Waals surface area contributed by atoms with Crippen molar-refractivity contribution in [1.82, 2.24) is 4.72 Å². The van der Waals surface area contributed by atoms with Crippen LogP contribution in [0.15, 0.2) is 29.2 Å². The zero-order valence-electron chi connectivity index (χ0n) is 11.8. The number of nitrogens with one attached hydrogen (secondary N) is 2. The summed E-state index contributed by atoms with van der Waals surface area (Å²) in [6.45, 7) is 0.673. The van der Waals surface area contributed by atoms with Crippen molar-refractivity contribution in [2.24, 2.45) is 11.7 Å². The molecule has 20 heavy (non-hydrogen) atoms. The Kier molecular flexibility index (Phi) is 5.01. The number of hydrogen-bond acceptors (Lipinski definition) is 4. The fraction of sp³-hybridized carbons (Fsp3) is 0.571. The number of rotatable bonds is 5. The molecular formula is C14H23N3O2S. The summed E-state index contributed by atoms with van der Waals surface area (Å²) in [7, 11) is -1.98. The average Bonchev–Trinajstić information content (AvgIpc) is 2.48. The fourth-order valence-corrected chi connectivity index (χ4v) is 3.54. The van der Waals surface area contributed by atoms with Gasteiger partial charge in [0.25, 0.3) is 0 Å². The van der Waals surface area contributed by atoms with E-state index in [9.17, 15) is 8.42 Å². The van der Waals surface area contributed by atoms with Gasteiger partial charge < -0.3 is 11.1 Å². The maximum Gasteiger partial charge on any atom is 0.240 e. The Morgan fingerprint density at radius 1 is 1.30 bits per heavy atom. The molecule has 1 fully saturated rings. The zero-order valence-corrected chi connectivity index (χ0v) is 12.6. The quantitative estimate of drug-likeness (QED) is 0.769. The first-order chi connectivity index (χ1) is 9.56. The van der Waals surface area contributed by atoms with E-state index in [1.165, 1.54) is 19.9 Å². The van der Waals surface area contributed by atoms with Crippen LogP contribution in [0.3, 0.4) is 0 Å². The van der Waals surface area contributed by atoms with Crippen LogP contribution in [0.5, 0.6) is 0 Å². The van der Waals surface area contributed by atoms with E-state index in [-0.39, 0.29) is 4.90 Å². The van der Waals surface area contributed by atoms with Crippen molar-refractivity contribution in [3.63, 3.8) is 0 Å². The molecule has 0 spiro atoms. The first kappa shape index (κ1) is 15.3. The van der Waals surface area contributed by atoms with Gasteiger partial charge in [0.2, 0.25) is 10.0 Å². The van der Waals surface area contributed by atoms with Crippen molar-refractivity contribution < 1.29 is 8.42 Å². The lowest BCUT2D eigenvalue weighted by Gasteiger charge is -2.32. The minimum absolute atomic E-state index is 0.283. The van der Waals surface area contributed by atoms with Crippen molar-refractivity contribution in [1.29, 1.82) is 0 Å². The van der Waals surface area contributed by atoms with Crippen molar-refractivity contribution in [3.8, 4) is 0 Å². The monoisotopic (exact) mass is 297 g/mol. The Labute approximate surface area is 121 Å². The Morgan fingerprint density at radius 2 is 2.05 bits per heavy atom. The Hall–Kier alpha value is -1.11. The van der Waals surface area contributed by atoms with Gasteiger partial charge in [-0.25, -0.2) is 13.1 Å². The van der Waals surface area contributed by atoms with Gasteiger partial charge in [-0.2, -0.15) is 0 Å². The van der Waals surface area contributed by atoms with Gasteiger partial charge >= 0.3 is 0 Å². The largest absolute Gasteiger partial charge is 0.382 e. The molecule has 1 aromatic rings. The maximum absolute atomic E-state index is 11.8. The lowest BCUT2D eigenvalue weighted by Crippen LogP contribution is -2.36. The SMILES string of the molecule is CNS(=O)(=O)c1cccc(NC2CCCCC2CN)c1. The van der Waals surface area contributed by atoms with E-state index in [1.807, 2.05) is 6.07 Å². The van der Waals surface area contributed by atoms with Crippen molar-refractivity contribution in [2.75, 3.05) is 18.9 Å². The van der Waals surface area contributed by atoms with Crippen LogP contribution in [-0.4, -0.2) is 28.1 Å². The Bertz CT molecular complexity index is 545. The van der Waals surface area contributed by atoms with Gasteiger partial charge in [0, 0.05) is 11.7 Å². The Morgan fingerprint density at radius 3 is 2.75 bits per heavy atom. The molecule has 1 aliphatic carbocycles. The lowest BCUT2D eigenvalue weighted by molar-refractivity contribution is 0.332. The van der Waals surface area contributed by atoms with E-state index in [0.717, 1.165) is 18.5 Å². The van der Waals surface area contributed by atoms with Crippen molar-refractivity contribution >= 4 is 15.7 Å². The van der Waals surface area contributed by atoms with E-state index in [2.05, 4.69) is 10.0 Å². The summed E-state index contributed by atoms with van der Waals surface area (Å²) in [5.41, 5.74) is 6.66. The second kappa shape index (κ2) is 6.56. The molecule has 5 nitrogen and oxygen atoms in total. The average molecular weight is 297 g/mol. The third kappa shape index (κ3) is 3.50. The smallest absolute Gasteiger partial charge is 0.240 e. The fourth-order valence-electron chi connectivity index (χ4n) is 2.76. The molecule has 1 aliphatic rings. The normalized spacial score (nSPS) is 23.5. The summed E-state index contributed by atoms with van der Waals surface area (Å²) >= 11 is 0. The summed E-state index contributed by atoms with van der Waals surface area (Å²) in [4.78, 5) is 0.283. The van der Waals surface area contributed by atoms with Crippen LogP contribution in [0, 0.1) is 5.92 Å². The highest BCUT2D eigenvalue weighted by Crippen LogP contribution is 2.27. The minimum atomic E-state index is -3.40. The van der Waals surface area contributed by atoms with Gasteiger partial charge in [-0.1, -0.05) is 18.9 Å². The molecule has 0 aliphatic heterocycles. The predicted molar refractivity (Wildman–Crippen MR) is 81.1 cm³/mol. The molecule has 0 radical (unpaired) electrons. The standard InChI is InChI=1S/C14H23N3O2S/c1-16-20(18,19)13-7-4-6-12(9-13)17-14-8-3-2-5-11(14)10-15/h4,6-7,9,11,14,16-17H,2-3,5,8,10,15H2,1H3. The third-order valence-corrected chi connectivity index (χ3v) is 5.39. The van der Waals surface area contributed by atoms with E-state index >= 15 is 0 Å². The van der Waals surface area contributed by atoms with Gasteiger partial charge in [-0.15, -0.1) is 0 Å². The highest BCUT2D eigenvalue weighted by Gasteiger charge is 2.24. The van der Waals surface area contributed by atoms with Gasteiger partial charge in [-0.3, -0.25) is 0 Å². The summed E-state index contributed by atoms with van der Waals surface area (Å²) in [6.07, 6.45) is 4.66. The van der Waals surface area contributed by atoms with E-state index in [1.54, 1.807) is 18.2 Å². The van der Waals surface area contributed by atoms with Gasteiger partial charge in [0.1, 0.15) is 0 Å². The maximum atomic E-state index is 11.8. The molecule has 2 atom stereocenters. The van der Waals surface area contributed by atoms with Crippen LogP contribution in [0.2, 0.25) is 0 Å². The van der Waals surface area contributed by atoms with E-state index < -0.39 is 10.0 Å². The second-order valence-electron chi connectivity index (χ2n) is 5.27. The molecule has 0 heterocycles. The highest BCUT2D eigenvalue weighted by atomic mass is 32.2. The number of nitrogens with two attached hydrogens (primary N) is 1. The molecule has 0 amide bonds. The molecule has 112 valence electrons. The van der Waals surface area contributed by atoms with Crippen LogP contribution >= 0.6 is 0 Å². The minimum Gasteiger partial charge on any atom is -0.382 e. The number of sulfonamides is 1. The summed E-state index contributed by atoms with van der Waals surface area (Å²) in [5.74, 6) is 0.466. The van der Waals surface area contributed by atoms with Gasteiger partial charge in [-0.05, 0) is 50.6 Å². The second-order valence-corrected chi connectivity index (χ2v) is 7.15. The number of anilines is 1. The van der Waals surface area contributed by atoms with Crippen LogP contribution in [0.25, 0.3) is 0 Å². The summed E-state index contributed by atoms with van der Waals surface area (Å²) in [6, 6.07) is 7.26. The van der Waals surface area contributed by atoms with Gasteiger partial charge in [0.15, 0.2) is 0 Å². The third-order valence-electron chi connectivity index (χ3n) is 3.98. The number of benzene rings is 1. The first-order valence-corrected chi connectivity index (χ1v) is 8.55. The zero-order chi connectivity index (χ0) is 14.6.